The van der Waals surface area contributed by atoms with Gasteiger partial charge in [-0.05, 0) is 18.4 Å². The average Bonchev–Trinajstić information content (AvgIpc) is 2.42. The van der Waals surface area contributed by atoms with E-state index in [-0.39, 0.29) is 5.91 Å². The summed E-state index contributed by atoms with van der Waals surface area (Å²) in [4.78, 5) is 23.2. The van der Waals surface area contributed by atoms with Crippen molar-refractivity contribution in [3.63, 3.8) is 0 Å². The van der Waals surface area contributed by atoms with Gasteiger partial charge in [0.2, 0.25) is 5.91 Å². The Morgan fingerprint density at radius 1 is 1.15 bits per heavy atom. The average molecular weight is 278 g/mol. The monoisotopic (exact) mass is 278 g/mol. The molecule has 110 valence electrons. The molecular weight excluding hydrogens is 256 g/mol. The highest BCUT2D eigenvalue weighted by Gasteiger charge is 2.24. The summed E-state index contributed by atoms with van der Waals surface area (Å²) in [5, 5.41) is 14.9. The van der Waals surface area contributed by atoms with Crippen LogP contribution in [0.2, 0.25) is 0 Å². The van der Waals surface area contributed by atoms with Crippen LogP contribution in [0.1, 0.15) is 32.4 Å². The molecular formula is C15H22N2O3. The predicted molar refractivity (Wildman–Crippen MR) is 77.3 cm³/mol. The topological polar surface area (TPSA) is 78.4 Å². The van der Waals surface area contributed by atoms with E-state index in [4.69, 9.17) is 0 Å². The van der Waals surface area contributed by atoms with Gasteiger partial charge in [0.1, 0.15) is 6.04 Å². The van der Waals surface area contributed by atoms with E-state index in [1.165, 1.54) is 0 Å². The molecule has 0 saturated carbocycles. The van der Waals surface area contributed by atoms with Crippen molar-refractivity contribution in [3.05, 3.63) is 35.9 Å². The van der Waals surface area contributed by atoms with E-state index in [0.717, 1.165) is 0 Å². The zero-order chi connectivity index (χ0) is 15.1. The van der Waals surface area contributed by atoms with Crippen molar-refractivity contribution in [3.8, 4) is 0 Å². The molecule has 5 nitrogen and oxygen atoms in total. The molecule has 0 heterocycles. The van der Waals surface area contributed by atoms with Crippen LogP contribution in [-0.4, -0.2) is 29.6 Å². The zero-order valence-electron chi connectivity index (χ0n) is 12.1. The predicted octanol–water partition coefficient (Wildman–Crippen LogP) is 1.56. The third kappa shape index (κ3) is 5.01. The number of nitrogens with one attached hydrogen (secondary N) is 2. The van der Waals surface area contributed by atoms with E-state index in [2.05, 4.69) is 10.6 Å². The van der Waals surface area contributed by atoms with Gasteiger partial charge in [-0.3, -0.25) is 14.9 Å². The normalized spacial score (nSPS) is 13.8. The summed E-state index contributed by atoms with van der Waals surface area (Å²) < 4.78 is 0. The van der Waals surface area contributed by atoms with E-state index in [1.807, 2.05) is 19.9 Å². The van der Waals surface area contributed by atoms with E-state index in [0.29, 0.717) is 18.0 Å². The molecule has 1 amide bonds. The number of hydrogen-bond donors (Lipinski definition) is 3. The summed E-state index contributed by atoms with van der Waals surface area (Å²) in [5.74, 6) is -0.837. The summed E-state index contributed by atoms with van der Waals surface area (Å²) in [6, 6.07) is 7.36. The molecule has 1 aromatic carbocycles. The Morgan fingerprint density at radius 3 is 2.25 bits per heavy atom. The van der Waals surface area contributed by atoms with Gasteiger partial charge in [0.25, 0.3) is 0 Å². The molecule has 2 atom stereocenters. The van der Waals surface area contributed by atoms with Gasteiger partial charge < -0.3 is 10.4 Å². The van der Waals surface area contributed by atoms with Crippen molar-refractivity contribution in [1.82, 2.24) is 10.6 Å². The quantitative estimate of drug-likeness (QED) is 0.707. The van der Waals surface area contributed by atoms with E-state index in [9.17, 15) is 14.7 Å². The summed E-state index contributed by atoms with van der Waals surface area (Å²) in [7, 11) is 0. The minimum absolute atomic E-state index is 0.194. The highest BCUT2D eigenvalue weighted by atomic mass is 16.4. The summed E-state index contributed by atoms with van der Waals surface area (Å²) in [5.41, 5.74) is 0.628. The minimum Gasteiger partial charge on any atom is -0.480 e. The fourth-order valence-electron chi connectivity index (χ4n) is 1.74. The van der Waals surface area contributed by atoms with Crippen LogP contribution in [0.25, 0.3) is 0 Å². The van der Waals surface area contributed by atoms with Gasteiger partial charge in [-0.2, -0.15) is 0 Å². The second-order valence-electron chi connectivity index (χ2n) is 5.21. The highest BCUT2D eigenvalue weighted by Crippen LogP contribution is 2.13. The molecule has 1 aromatic rings. The second-order valence-corrected chi connectivity index (χ2v) is 5.21. The van der Waals surface area contributed by atoms with Crippen LogP contribution in [0.4, 0.5) is 0 Å². The zero-order valence-corrected chi connectivity index (χ0v) is 12.1. The van der Waals surface area contributed by atoms with Crippen molar-refractivity contribution in [1.29, 1.82) is 0 Å². The molecule has 1 rings (SSSR count). The molecule has 0 aliphatic rings. The lowest BCUT2D eigenvalue weighted by molar-refractivity contribution is -0.140. The van der Waals surface area contributed by atoms with Gasteiger partial charge in [0, 0.05) is 6.54 Å². The highest BCUT2D eigenvalue weighted by molar-refractivity contribution is 5.83. The lowest BCUT2D eigenvalue weighted by Crippen LogP contribution is -2.46. The Bertz CT molecular complexity index is 446. The number of aliphatic carboxylic acids is 1. The van der Waals surface area contributed by atoms with Crippen molar-refractivity contribution in [2.75, 3.05) is 6.54 Å². The second kappa shape index (κ2) is 7.65. The van der Waals surface area contributed by atoms with Crippen LogP contribution >= 0.6 is 0 Å². The van der Waals surface area contributed by atoms with Crippen molar-refractivity contribution >= 4 is 11.9 Å². The minimum atomic E-state index is -1.00. The largest absolute Gasteiger partial charge is 0.480 e. The lowest BCUT2D eigenvalue weighted by Gasteiger charge is -2.20. The summed E-state index contributed by atoms with van der Waals surface area (Å²) in [6.45, 7) is 6.24. The van der Waals surface area contributed by atoms with Crippen molar-refractivity contribution in [2.24, 2.45) is 5.92 Å². The maximum atomic E-state index is 11.9. The number of carbonyl (C=O) groups is 2. The first kappa shape index (κ1) is 16.2. The molecule has 0 radical (unpaired) electrons. The van der Waals surface area contributed by atoms with Crippen molar-refractivity contribution in [2.45, 2.75) is 32.9 Å². The van der Waals surface area contributed by atoms with E-state index >= 15 is 0 Å². The van der Waals surface area contributed by atoms with Gasteiger partial charge in [0.05, 0.1) is 6.04 Å². The van der Waals surface area contributed by atoms with Gasteiger partial charge in [0.15, 0.2) is 0 Å². The number of benzene rings is 1. The van der Waals surface area contributed by atoms with Crippen molar-refractivity contribution < 1.29 is 14.7 Å². The van der Waals surface area contributed by atoms with Gasteiger partial charge in [-0.25, -0.2) is 0 Å². The standard InChI is InChI=1S/C15H22N2O3/c1-10(2)9-16-14(18)11(3)17-13(15(19)20)12-7-5-4-6-8-12/h4-8,10-11,13,17H,9H2,1-3H3,(H,16,18)(H,19,20). The number of carbonyl (C=O) groups excluding carboxylic acids is 1. The number of carboxylic acids is 1. The Kier molecular flexibility index (Phi) is 6.18. The van der Waals surface area contributed by atoms with E-state index < -0.39 is 18.1 Å². The summed E-state index contributed by atoms with van der Waals surface area (Å²) >= 11 is 0. The van der Waals surface area contributed by atoms with E-state index in [1.54, 1.807) is 31.2 Å². The third-order valence-electron chi connectivity index (χ3n) is 2.87. The molecule has 0 saturated heterocycles. The number of amides is 1. The maximum absolute atomic E-state index is 11.9. The Balaban J connectivity index is 2.67. The van der Waals surface area contributed by atoms with Crippen LogP contribution in [-0.2, 0) is 9.59 Å². The Morgan fingerprint density at radius 2 is 1.75 bits per heavy atom. The van der Waals surface area contributed by atoms with Crippen LogP contribution in [0, 0.1) is 5.92 Å². The molecule has 3 N–H and O–H groups in total. The first-order valence-corrected chi connectivity index (χ1v) is 6.73. The lowest BCUT2D eigenvalue weighted by atomic mass is 10.1. The fourth-order valence-corrected chi connectivity index (χ4v) is 1.74. The Labute approximate surface area is 119 Å². The smallest absolute Gasteiger partial charge is 0.325 e. The molecule has 0 aromatic heterocycles. The number of hydrogen-bond acceptors (Lipinski definition) is 3. The number of carboxylic acid groups (broad SMARTS) is 1. The number of rotatable bonds is 7. The van der Waals surface area contributed by atoms with Gasteiger partial charge in [-0.15, -0.1) is 0 Å². The first-order chi connectivity index (χ1) is 9.41. The molecule has 0 aliphatic heterocycles. The van der Waals surface area contributed by atoms with Crippen LogP contribution in [0.15, 0.2) is 30.3 Å². The Hall–Kier alpha value is -1.88. The fraction of sp³-hybridized carbons (Fsp3) is 0.467. The van der Waals surface area contributed by atoms with Crippen LogP contribution in [0.3, 0.4) is 0 Å². The van der Waals surface area contributed by atoms with Crippen LogP contribution < -0.4 is 10.6 Å². The molecule has 2 unspecified atom stereocenters. The molecule has 0 fully saturated rings. The summed E-state index contributed by atoms with van der Waals surface area (Å²) in [6.07, 6.45) is 0. The maximum Gasteiger partial charge on any atom is 0.325 e. The molecule has 0 bridgehead atoms. The van der Waals surface area contributed by atoms with Crippen LogP contribution in [0.5, 0.6) is 0 Å². The van der Waals surface area contributed by atoms with Gasteiger partial charge >= 0.3 is 5.97 Å². The first-order valence-electron chi connectivity index (χ1n) is 6.73. The SMILES string of the molecule is CC(C)CNC(=O)C(C)NC(C(=O)O)c1ccccc1. The molecule has 0 spiro atoms. The third-order valence-corrected chi connectivity index (χ3v) is 2.87. The molecule has 0 aliphatic carbocycles. The molecule has 5 heteroatoms. The van der Waals surface area contributed by atoms with Gasteiger partial charge in [-0.1, -0.05) is 44.2 Å². The molecule has 20 heavy (non-hydrogen) atoms.